The van der Waals surface area contributed by atoms with E-state index in [9.17, 15) is 9.18 Å². The van der Waals surface area contributed by atoms with Gasteiger partial charge in [0.05, 0.1) is 6.54 Å². The van der Waals surface area contributed by atoms with Gasteiger partial charge in [-0.2, -0.15) is 0 Å². The van der Waals surface area contributed by atoms with Crippen LogP contribution in [0.4, 0.5) is 9.18 Å². The minimum absolute atomic E-state index is 0.308. The van der Waals surface area contributed by atoms with Crippen LogP contribution in [0.2, 0.25) is 0 Å². The molecule has 0 radical (unpaired) electrons. The van der Waals surface area contributed by atoms with E-state index in [0.29, 0.717) is 51.0 Å². The Hall–Kier alpha value is -2.51. The Balaban J connectivity index is 1.72. The zero-order valence-corrected chi connectivity index (χ0v) is 15.6. The van der Waals surface area contributed by atoms with Crippen LogP contribution in [0.1, 0.15) is 20.8 Å². The van der Waals surface area contributed by atoms with Crippen molar-refractivity contribution in [1.82, 2.24) is 9.80 Å². The first-order valence-corrected chi connectivity index (χ1v) is 8.66. The normalized spacial score (nSPS) is 15.8. The van der Waals surface area contributed by atoms with E-state index >= 15 is 0 Å². The van der Waals surface area contributed by atoms with Crippen LogP contribution in [0.5, 0.6) is 5.75 Å². The van der Waals surface area contributed by atoms with Crippen LogP contribution >= 0.6 is 0 Å². The van der Waals surface area contributed by atoms with Crippen LogP contribution in [0, 0.1) is 5.82 Å². The average molecular weight is 366 g/mol. The Morgan fingerprint density at radius 1 is 1.23 bits per heavy atom. The molecule has 0 spiro atoms. The van der Waals surface area contributed by atoms with Crippen molar-refractivity contribution in [2.75, 3.05) is 39.3 Å². The number of hydrogen-bond donors (Lipinski definition) is 1. The second kappa shape index (κ2) is 8.73. The highest BCUT2D eigenvalue weighted by Gasteiger charge is 2.26. The molecule has 0 aromatic heterocycles. The SMILES string of the molecule is CC(C)(C)OC(=O)N1CCN(C(N)=NCCOc2cccc(F)c2)CC1. The molecule has 2 rings (SSSR count). The van der Waals surface area contributed by atoms with Gasteiger partial charge in [-0.1, -0.05) is 6.07 Å². The second-order valence-corrected chi connectivity index (χ2v) is 7.00. The van der Waals surface area contributed by atoms with E-state index < -0.39 is 5.60 Å². The van der Waals surface area contributed by atoms with E-state index in [-0.39, 0.29) is 11.9 Å². The van der Waals surface area contributed by atoms with Gasteiger partial charge >= 0.3 is 6.09 Å². The number of carbonyl (C=O) groups excluding carboxylic acids is 1. The number of aliphatic imine (C=N–C) groups is 1. The van der Waals surface area contributed by atoms with E-state index in [1.54, 1.807) is 17.0 Å². The van der Waals surface area contributed by atoms with Gasteiger partial charge in [-0.3, -0.25) is 0 Å². The van der Waals surface area contributed by atoms with Gasteiger partial charge in [-0.05, 0) is 32.9 Å². The number of piperazine rings is 1. The van der Waals surface area contributed by atoms with Crippen LogP contribution < -0.4 is 10.5 Å². The summed E-state index contributed by atoms with van der Waals surface area (Å²) in [4.78, 5) is 19.9. The molecule has 1 aliphatic heterocycles. The van der Waals surface area contributed by atoms with Crippen molar-refractivity contribution in [3.05, 3.63) is 30.1 Å². The molecule has 26 heavy (non-hydrogen) atoms. The van der Waals surface area contributed by atoms with Crippen molar-refractivity contribution in [2.45, 2.75) is 26.4 Å². The van der Waals surface area contributed by atoms with Gasteiger partial charge in [0.25, 0.3) is 0 Å². The first-order valence-electron chi connectivity index (χ1n) is 8.66. The molecule has 0 aliphatic carbocycles. The number of carbonyl (C=O) groups is 1. The third-order valence-corrected chi connectivity index (χ3v) is 3.69. The van der Waals surface area contributed by atoms with Crippen LogP contribution in [0.3, 0.4) is 0 Å². The second-order valence-electron chi connectivity index (χ2n) is 7.00. The maximum absolute atomic E-state index is 13.1. The number of hydrogen-bond acceptors (Lipinski definition) is 4. The van der Waals surface area contributed by atoms with Crippen LogP contribution in [-0.4, -0.2) is 66.8 Å². The zero-order valence-electron chi connectivity index (χ0n) is 15.6. The van der Waals surface area contributed by atoms with Crippen LogP contribution in [0.25, 0.3) is 0 Å². The van der Waals surface area contributed by atoms with E-state index in [4.69, 9.17) is 15.2 Å². The van der Waals surface area contributed by atoms with Crippen molar-refractivity contribution >= 4 is 12.1 Å². The summed E-state index contributed by atoms with van der Waals surface area (Å²) in [6.07, 6.45) is -0.309. The van der Waals surface area contributed by atoms with Gasteiger partial charge in [-0.25, -0.2) is 14.2 Å². The van der Waals surface area contributed by atoms with Gasteiger partial charge in [0.1, 0.15) is 23.8 Å². The Labute approximate surface area is 153 Å². The molecule has 0 saturated carbocycles. The molecule has 8 heteroatoms. The summed E-state index contributed by atoms with van der Waals surface area (Å²) in [5.41, 5.74) is 5.50. The van der Waals surface area contributed by atoms with Gasteiger partial charge in [0.15, 0.2) is 5.96 Å². The lowest BCUT2D eigenvalue weighted by Crippen LogP contribution is -2.53. The van der Waals surface area contributed by atoms with Crippen molar-refractivity contribution in [3.63, 3.8) is 0 Å². The van der Waals surface area contributed by atoms with E-state index in [1.165, 1.54) is 12.1 Å². The fourth-order valence-electron chi connectivity index (χ4n) is 2.43. The first kappa shape index (κ1) is 19.8. The minimum atomic E-state index is -0.504. The third-order valence-electron chi connectivity index (χ3n) is 3.69. The molecule has 1 amide bonds. The van der Waals surface area contributed by atoms with Crippen molar-refractivity contribution < 1.29 is 18.7 Å². The molecule has 0 atom stereocenters. The van der Waals surface area contributed by atoms with Gasteiger partial charge in [0, 0.05) is 32.2 Å². The minimum Gasteiger partial charge on any atom is -0.492 e. The molecule has 1 heterocycles. The average Bonchev–Trinajstić information content (AvgIpc) is 2.57. The molecular weight excluding hydrogens is 339 g/mol. The molecule has 1 saturated heterocycles. The highest BCUT2D eigenvalue weighted by atomic mass is 19.1. The van der Waals surface area contributed by atoms with Crippen molar-refractivity contribution in [2.24, 2.45) is 10.7 Å². The smallest absolute Gasteiger partial charge is 0.410 e. The van der Waals surface area contributed by atoms with Gasteiger partial charge < -0.3 is 25.0 Å². The number of guanidine groups is 1. The van der Waals surface area contributed by atoms with E-state index in [1.807, 2.05) is 25.7 Å². The molecular formula is C18H27FN4O3. The van der Waals surface area contributed by atoms with Crippen LogP contribution in [0.15, 0.2) is 29.3 Å². The summed E-state index contributed by atoms with van der Waals surface area (Å²) >= 11 is 0. The Morgan fingerprint density at radius 3 is 2.50 bits per heavy atom. The summed E-state index contributed by atoms with van der Waals surface area (Å²) in [5.74, 6) is 0.537. The quantitative estimate of drug-likeness (QED) is 0.501. The first-order chi connectivity index (χ1) is 12.2. The van der Waals surface area contributed by atoms with Crippen molar-refractivity contribution in [3.8, 4) is 5.75 Å². The Morgan fingerprint density at radius 2 is 1.88 bits per heavy atom. The van der Waals surface area contributed by atoms with E-state index in [2.05, 4.69) is 4.99 Å². The molecule has 1 aromatic carbocycles. The third kappa shape index (κ3) is 6.42. The number of nitrogens with two attached hydrogens (primary N) is 1. The predicted molar refractivity (Wildman–Crippen MR) is 97.8 cm³/mol. The molecule has 1 aliphatic rings. The van der Waals surface area contributed by atoms with Crippen LogP contribution in [-0.2, 0) is 4.74 Å². The maximum atomic E-state index is 13.1. The Bertz CT molecular complexity index is 638. The number of nitrogens with zero attached hydrogens (tertiary/aromatic N) is 3. The monoisotopic (exact) mass is 366 g/mol. The Kier molecular flexibility index (Phi) is 6.65. The number of halogens is 1. The fraction of sp³-hybridized carbons (Fsp3) is 0.556. The lowest BCUT2D eigenvalue weighted by Gasteiger charge is -2.36. The largest absolute Gasteiger partial charge is 0.492 e. The number of amides is 1. The fourth-order valence-corrected chi connectivity index (χ4v) is 2.43. The molecule has 144 valence electrons. The molecule has 7 nitrogen and oxygen atoms in total. The summed E-state index contributed by atoms with van der Waals surface area (Å²) in [7, 11) is 0. The summed E-state index contributed by atoms with van der Waals surface area (Å²) < 4.78 is 23.9. The van der Waals surface area contributed by atoms with Gasteiger partial charge in [-0.15, -0.1) is 0 Å². The number of benzene rings is 1. The lowest BCUT2D eigenvalue weighted by atomic mass is 10.2. The number of ether oxygens (including phenoxy) is 2. The highest BCUT2D eigenvalue weighted by molar-refractivity contribution is 5.78. The van der Waals surface area contributed by atoms with E-state index in [0.717, 1.165) is 0 Å². The summed E-state index contributed by atoms with van der Waals surface area (Å²) in [6, 6.07) is 5.96. The molecule has 0 bridgehead atoms. The highest BCUT2D eigenvalue weighted by Crippen LogP contribution is 2.12. The summed E-state index contributed by atoms with van der Waals surface area (Å²) in [6.45, 7) is 8.47. The van der Waals surface area contributed by atoms with Gasteiger partial charge in [0.2, 0.25) is 0 Å². The topological polar surface area (TPSA) is 80.4 Å². The number of rotatable bonds is 4. The molecule has 1 aromatic rings. The predicted octanol–water partition coefficient (Wildman–Crippen LogP) is 2.07. The standard InChI is InChI=1S/C18H27FN4O3/c1-18(2,3)26-17(24)23-10-8-22(9-11-23)16(20)21-7-12-25-15-6-4-5-14(19)13-15/h4-6,13H,7-12H2,1-3H3,(H2,20,21). The van der Waals surface area contributed by atoms with Crippen molar-refractivity contribution in [1.29, 1.82) is 0 Å². The lowest BCUT2D eigenvalue weighted by molar-refractivity contribution is 0.0186. The molecule has 0 unspecified atom stereocenters. The summed E-state index contributed by atoms with van der Waals surface area (Å²) in [5, 5.41) is 0. The molecule has 2 N–H and O–H groups in total. The molecule has 1 fully saturated rings. The maximum Gasteiger partial charge on any atom is 0.410 e. The zero-order chi connectivity index (χ0) is 19.2.